The SMILES string of the molecule is CCOc1cc2c(cc1OCC)C(CC(=O)OC)N(S(=O)(=O)c1ccccc1F)CC2. The number of ether oxygens (including phenoxy) is 3. The molecule has 2 aromatic rings. The fraction of sp³-hybridized carbons (Fsp3) is 0.409. The van der Waals surface area contributed by atoms with Crippen molar-refractivity contribution in [3.63, 3.8) is 0 Å². The van der Waals surface area contributed by atoms with Crippen LogP contribution in [0.4, 0.5) is 4.39 Å². The second-order valence-electron chi connectivity index (χ2n) is 6.96. The van der Waals surface area contributed by atoms with Gasteiger partial charge in [-0.15, -0.1) is 0 Å². The van der Waals surface area contributed by atoms with Crippen molar-refractivity contribution >= 4 is 16.0 Å². The molecule has 3 rings (SSSR count). The van der Waals surface area contributed by atoms with Gasteiger partial charge in [-0.25, -0.2) is 12.8 Å². The highest BCUT2D eigenvalue weighted by molar-refractivity contribution is 7.89. The Morgan fingerprint density at radius 2 is 1.77 bits per heavy atom. The summed E-state index contributed by atoms with van der Waals surface area (Å²) in [5.74, 6) is -0.390. The van der Waals surface area contributed by atoms with Crippen molar-refractivity contribution in [1.82, 2.24) is 4.31 Å². The van der Waals surface area contributed by atoms with Crippen LogP contribution < -0.4 is 9.47 Å². The Balaban J connectivity index is 2.13. The van der Waals surface area contributed by atoms with Crippen LogP contribution in [-0.4, -0.2) is 45.6 Å². The summed E-state index contributed by atoms with van der Waals surface area (Å²) in [5, 5.41) is 0. The molecule has 0 radical (unpaired) electrons. The van der Waals surface area contributed by atoms with Crippen molar-refractivity contribution in [2.24, 2.45) is 0 Å². The van der Waals surface area contributed by atoms with Gasteiger partial charge in [-0.2, -0.15) is 4.31 Å². The van der Waals surface area contributed by atoms with Crippen LogP contribution in [0.5, 0.6) is 11.5 Å². The molecule has 1 aliphatic heterocycles. The maximum Gasteiger partial charge on any atom is 0.307 e. The minimum Gasteiger partial charge on any atom is -0.490 e. The highest BCUT2D eigenvalue weighted by Gasteiger charge is 2.39. The lowest BCUT2D eigenvalue weighted by atomic mass is 9.91. The van der Waals surface area contributed by atoms with Gasteiger partial charge in [0.15, 0.2) is 11.5 Å². The van der Waals surface area contributed by atoms with E-state index >= 15 is 0 Å². The van der Waals surface area contributed by atoms with Crippen molar-refractivity contribution < 1.29 is 31.8 Å². The number of fused-ring (bicyclic) bond motifs is 1. The Bertz CT molecular complexity index is 1060. The first-order chi connectivity index (χ1) is 14.8. The molecule has 31 heavy (non-hydrogen) atoms. The van der Waals surface area contributed by atoms with Gasteiger partial charge in [0.25, 0.3) is 0 Å². The first-order valence-electron chi connectivity index (χ1n) is 10.1. The van der Waals surface area contributed by atoms with E-state index in [9.17, 15) is 17.6 Å². The third-order valence-corrected chi connectivity index (χ3v) is 7.07. The van der Waals surface area contributed by atoms with Crippen LogP contribution in [0.25, 0.3) is 0 Å². The number of halogens is 1. The largest absolute Gasteiger partial charge is 0.490 e. The van der Waals surface area contributed by atoms with Gasteiger partial charge in [0.1, 0.15) is 10.7 Å². The molecule has 0 bridgehead atoms. The van der Waals surface area contributed by atoms with E-state index in [-0.39, 0.29) is 13.0 Å². The summed E-state index contributed by atoms with van der Waals surface area (Å²) in [6, 6.07) is 7.87. The van der Waals surface area contributed by atoms with E-state index in [4.69, 9.17) is 14.2 Å². The highest BCUT2D eigenvalue weighted by atomic mass is 32.2. The number of sulfonamides is 1. The number of hydrogen-bond acceptors (Lipinski definition) is 6. The maximum absolute atomic E-state index is 14.4. The summed E-state index contributed by atoms with van der Waals surface area (Å²) < 4.78 is 58.4. The summed E-state index contributed by atoms with van der Waals surface area (Å²) in [5.41, 5.74) is 1.46. The molecule has 1 aliphatic rings. The second kappa shape index (κ2) is 9.65. The molecule has 9 heteroatoms. The number of benzene rings is 2. The van der Waals surface area contributed by atoms with Crippen molar-refractivity contribution in [3.8, 4) is 11.5 Å². The Kier molecular flexibility index (Phi) is 7.17. The van der Waals surface area contributed by atoms with Gasteiger partial charge in [-0.3, -0.25) is 4.79 Å². The van der Waals surface area contributed by atoms with Crippen LogP contribution >= 0.6 is 0 Å². The molecular formula is C22H26FNO6S. The molecular weight excluding hydrogens is 425 g/mol. The summed E-state index contributed by atoms with van der Waals surface area (Å²) in [6.07, 6.45) is 0.171. The molecule has 0 saturated carbocycles. The lowest BCUT2D eigenvalue weighted by Crippen LogP contribution is -2.41. The van der Waals surface area contributed by atoms with E-state index in [0.717, 1.165) is 11.6 Å². The third kappa shape index (κ3) is 4.67. The van der Waals surface area contributed by atoms with Gasteiger partial charge in [-0.1, -0.05) is 12.1 Å². The molecule has 7 nitrogen and oxygen atoms in total. The minimum atomic E-state index is -4.21. The van der Waals surface area contributed by atoms with Crippen LogP contribution in [-0.2, 0) is 26.0 Å². The average molecular weight is 452 g/mol. The first-order valence-corrected chi connectivity index (χ1v) is 11.5. The summed E-state index contributed by atoms with van der Waals surface area (Å²) in [7, 11) is -2.96. The van der Waals surface area contributed by atoms with E-state index in [1.54, 1.807) is 6.07 Å². The number of rotatable bonds is 8. The zero-order chi connectivity index (χ0) is 22.6. The molecule has 1 heterocycles. The van der Waals surface area contributed by atoms with Crippen molar-refractivity contribution in [2.75, 3.05) is 26.9 Å². The molecule has 168 valence electrons. The molecule has 1 unspecified atom stereocenters. The normalized spacial score (nSPS) is 16.5. The predicted molar refractivity (Wildman–Crippen MR) is 112 cm³/mol. The van der Waals surface area contributed by atoms with E-state index in [0.29, 0.717) is 36.7 Å². The molecule has 2 aromatic carbocycles. The summed E-state index contributed by atoms with van der Waals surface area (Å²) >= 11 is 0. The number of esters is 1. The van der Waals surface area contributed by atoms with Crippen LogP contribution in [0.15, 0.2) is 41.3 Å². The number of hydrogen-bond donors (Lipinski definition) is 0. The third-order valence-electron chi connectivity index (χ3n) is 5.12. The lowest BCUT2D eigenvalue weighted by molar-refractivity contribution is -0.141. The Morgan fingerprint density at radius 3 is 2.39 bits per heavy atom. The quantitative estimate of drug-likeness (QED) is 0.572. The van der Waals surface area contributed by atoms with Crippen LogP contribution in [0, 0.1) is 5.82 Å². The molecule has 1 atom stereocenters. The molecule has 0 spiro atoms. The second-order valence-corrected chi connectivity index (χ2v) is 8.81. The van der Waals surface area contributed by atoms with E-state index in [1.165, 1.54) is 29.6 Å². The Morgan fingerprint density at radius 1 is 1.13 bits per heavy atom. The molecule has 0 aromatic heterocycles. The van der Waals surface area contributed by atoms with Crippen LogP contribution in [0.3, 0.4) is 0 Å². The van der Waals surface area contributed by atoms with Gasteiger partial charge in [-0.05, 0) is 55.7 Å². The molecule has 0 amide bonds. The molecule has 0 fully saturated rings. The summed E-state index contributed by atoms with van der Waals surface area (Å²) in [6.45, 7) is 4.61. The fourth-order valence-electron chi connectivity index (χ4n) is 3.74. The van der Waals surface area contributed by atoms with Gasteiger partial charge in [0.2, 0.25) is 10.0 Å². The van der Waals surface area contributed by atoms with Crippen molar-refractivity contribution in [1.29, 1.82) is 0 Å². The number of methoxy groups -OCH3 is 1. The van der Waals surface area contributed by atoms with Gasteiger partial charge in [0, 0.05) is 6.54 Å². The Labute approximate surface area is 181 Å². The van der Waals surface area contributed by atoms with Gasteiger partial charge < -0.3 is 14.2 Å². The van der Waals surface area contributed by atoms with Crippen LogP contribution in [0.1, 0.15) is 37.4 Å². The van der Waals surface area contributed by atoms with E-state index in [2.05, 4.69) is 0 Å². The predicted octanol–water partition coefficient (Wildman–Crippen LogP) is 3.47. The average Bonchev–Trinajstić information content (AvgIpc) is 2.74. The van der Waals surface area contributed by atoms with Gasteiger partial charge >= 0.3 is 5.97 Å². The monoisotopic (exact) mass is 451 g/mol. The molecule has 0 N–H and O–H groups in total. The standard InChI is InChI=1S/C22H26FNO6S/c1-4-29-19-12-15-10-11-24(31(26,27)21-9-7-6-8-17(21)23)18(14-22(25)28-3)16(15)13-20(19)30-5-2/h6-9,12-13,18H,4-5,10-11,14H2,1-3H3. The number of nitrogens with zero attached hydrogens (tertiary/aromatic N) is 1. The zero-order valence-electron chi connectivity index (χ0n) is 17.8. The van der Waals surface area contributed by atoms with Crippen molar-refractivity contribution in [2.45, 2.75) is 37.6 Å². The lowest BCUT2D eigenvalue weighted by Gasteiger charge is -2.36. The van der Waals surface area contributed by atoms with Crippen LogP contribution in [0.2, 0.25) is 0 Å². The van der Waals surface area contributed by atoms with Gasteiger partial charge in [0.05, 0.1) is 32.8 Å². The molecule has 0 aliphatic carbocycles. The first kappa shape index (κ1) is 23.0. The topological polar surface area (TPSA) is 82.1 Å². The minimum absolute atomic E-state index is 0.0882. The van der Waals surface area contributed by atoms with E-state index in [1.807, 2.05) is 19.9 Å². The maximum atomic E-state index is 14.4. The molecule has 0 saturated heterocycles. The Hall–Kier alpha value is -2.65. The highest BCUT2D eigenvalue weighted by Crippen LogP contribution is 2.42. The number of carbonyl (C=O) groups excluding carboxylic acids is 1. The smallest absolute Gasteiger partial charge is 0.307 e. The fourth-order valence-corrected chi connectivity index (χ4v) is 5.42. The van der Waals surface area contributed by atoms with E-state index < -0.39 is 32.7 Å². The summed E-state index contributed by atoms with van der Waals surface area (Å²) in [4.78, 5) is 11.7. The van der Waals surface area contributed by atoms with Crippen molar-refractivity contribution in [3.05, 3.63) is 53.3 Å². The number of carbonyl (C=O) groups is 1. The zero-order valence-corrected chi connectivity index (χ0v) is 18.6.